The molecule has 9 heteroatoms. The van der Waals surface area contributed by atoms with E-state index in [9.17, 15) is 19.7 Å². The highest BCUT2D eigenvalue weighted by atomic mass is 16.7. The van der Waals surface area contributed by atoms with Crippen molar-refractivity contribution in [2.75, 3.05) is 13.1 Å². The first-order valence-corrected chi connectivity index (χ1v) is 18.9. The molecule has 0 fully saturated rings. The zero-order valence-electron chi connectivity index (χ0n) is 29.4. The highest BCUT2D eigenvalue weighted by Gasteiger charge is 2.21. The minimum absolute atomic E-state index is 0.0765. The van der Waals surface area contributed by atoms with E-state index in [4.69, 9.17) is 5.73 Å². The zero-order valence-corrected chi connectivity index (χ0v) is 29.4. The summed E-state index contributed by atoms with van der Waals surface area (Å²) >= 11 is 0. The van der Waals surface area contributed by atoms with Gasteiger partial charge in [0.25, 0.3) is 5.96 Å². The molecule has 0 aliphatic heterocycles. The van der Waals surface area contributed by atoms with E-state index in [1.165, 1.54) is 128 Å². The number of Topliss-reactive ketones (excluding diaryl/α,β-unsaturated/α-hetero) is 1. The lowest BCUT2D eigenvalue weighted by atomic mass is 9.93. The number of nitrogens with two attached hydrogens (primary N) is 1. The van der Waals surface area contributed by atoms with Gasteiger partial charge in [-0.15, -0.1) is 0 Å². The van der Waals surface area contributed by atoms with Crippen LogP contribution in [0.4, 0.5) is 0 Å². The molecule has 0 saturated heterocycles. The monoisotopic (exact) mass is 638 g/mol. The predicted molar refractivity (Wildman–Crippen MR) is 189 cm³/mol. The topological polar surface area (TPSA) is 140 Å². The lowest BCUT2D eigenvalue weighted by molar-refractivity contribution is -0.525. The van der Waals surface area contributed by atoms with Gasteiger partial charge in [0, 0.05) is 31.8 Å². The van der Waals surface area contributed by atoms with E-state index in [1.54, 1.807) is 0 Å². The highest BCUT2D eigenvalue weighted by Crippen LogP contribution is 2.17. The SMILES string of the molecule is CCCCCCCCCCCCCCCCCCCCCC(=O)C[C@@H](CCCN=C(N)N[N+](=O)[O-])C(=O)NCCCCCCC. The van der Waals surface area contributed by atoms with Crippen molar-refractivity contribution < 1.29 is 14.6 Å². The number of rotatable bonds is 34. The molecule has 0 heterocycles. The van der Waals surface area contributed by atoms with Crippen LogP contribution in [0.5, 0.6) is 0 Å². The van der Waals surface area contributed by atoms with Crippen LogP contribution in [0.3, 0.4) is 0 Å². The number of amides is 1. The van der Waals surface area contributed by atoms with Crippen molar-refractivity contribution in [3.63, 3.8) is 0 Å². The molecule has 0 aromatic carbocycles. The number of ketones is 1. The van der Waals surface area contributed by atoms with Crippen molar-refractivity contribution in [2.24, 2.45) is 16.6 Å². The van der Waals surface area contributed by atoms with Crippen LogP contribution in [0.1, 0.15) is 194 Å². The Morgan fingerprint density at radius 2 is 1.09 bits per heavy atom. The number of nitro groups is 1. The average Bonchev–Trinajstić information content (AvgIpc) is 3.01. The lowest BCUT2D eigenvalue weighted by Crippen LogP contribution is -2.36. The molecular formula is C36H71N5O4. The van der Waals surface area contributed by atoms with Gasteiger partial charge < -0.3 is 11.1 Å². The maximum atomic E-state index is 12.9. The molecule has 0 aromatic heterocycles. The molecule has 45 heavy (non-hydrogen) atoms. The number of carbonyl (C=O) groups excluding carboxylic acids is 2. The standard InChI is InChI=1S/C36H71N5O4/c1-3-5-7-9-10-11-12-13-14-15-16-17-18-19-20-21-22-23-25-29-34(42)32-33(28-27-31-39-36(37)40-41(44)45)35(43)38-30-26-24-8-6-4-2/h33H,3-32H2,1-2H3,(H,38,43)(H3,37,39,40)/t33-/m1/s1. The van der Waals surface area contributed by atoms with E-state index >= 15 is 0 Å². The summed E-state index contributed by atoms with van der Waals surface area (Å²) in [5.74, 6) is -0.586. The van der Waals surface area contributed by atoms with E-state index < -0.39 is 11.0 Å². The Balaban J connectivity index is 4.01. The van der Waals surface area contributed by atoms with Crippen molar-refractivity contribution in [1.82, 2.24) is 10.7 Å². The van der Waals surface area contributed by atoms with E-state index in [0.717, 1.165) is 25.7 Å². The van der Waals surface area contributed by atoms with Crippen LogP contribution in [0, 0.1) is 16.0 Å². The number of hydrazine groups is 1. The summed E-state index contributed by atoms with van der Waals surface area (Å²) in [5, 5.41) is 12.7. The molecule has 0 unspecified atom stereocenters. The second-order valence-corrected chi connectivity index (χ2v) is 13.0. The van der Waals surface area contributed by atoms with Crippen molar-refractivity contribution in [1.29, 1.82) is 0 Å². The first-order chi connectivity index (χ1) is 21.9. The molecule has 4 N–H and O–H groups in total. The molecular weight excluding hydrogens is 566 g/mol. The summed E-state index contributed by atoms with van der Waals surface area (Å²) in [7, 11) is 0. The molecule has 0 bridgehead atoms. The summed E-state index contributed by atoms with van der Waals surface area (Å²) in [6, 6.07) is 0. The Morgan fingerprint density at radius 3 is 1.53 bits per heavy atom. The normalized spacial score (nSPS) is 12.3. The van der Waals surface area contributed by atoms with Crippen LogP contribution in [0.25, 0.3) is 0 Å². The number of hydrogen-bond donors (Lipinski definition) is 3. The van der Waals surface area contributed by atoms with E-state index in [1.807, 2.05) is 5.43 Å². The molecule has 1 amide bonds. The zero-order chi connectivity index (χ0) is 33.2. The molecule has 264 valence electrons. The Morgan fingerprint density at radius 1 is 0.667 bits per heavy atom. The maximum absolute atomic E-state index is 12.9. The molecule has 0 radical (unpaired) electrons. The van der Waals surface area contributed by atoms with Crippen molar-refractivity contribution >= 4 is 17.6 Å². The van der Waals surface area contributed by atoms with Gasteiger partial charge in [-0.05, 0) is 25.7 Å². The second kappa shape index (κ2) is 33.2. The van der Waals surface area contributed by atoms with Gasteiger partial charge in [0.2, 0.25) is 5.91 Å². The van der Waals surface area contributed by atoms with Crippen LogP contribution < -0.4 is 16.5 Å². The number of nitrogens with one attached hydrogen (secondary N) is 2. The first-order valence-electron chi connectivity index (χ1n) is 18.9. The molecule has 0 saturated carbocycles. The number of hydrogen-bond acceptors (Lipinski definition) is 5. The van der Waals surface area contributed by atoms with Gasteiger partial charge in [-0.25, -0.2) is 15.1 Å². The van der Waals surface area contributed by atoms with E-state index in [0.29, 0.717) is 25.8 Å². The Bertz CT molecular complexity index is 747. The molecule has 0 spiro atoms. The van der Waals surface area contributed by atoms with Gasteiger partial charge >= 0.3 is 0 Å². The summed E-state index contributed by atoms with van der Waals surface area (Å²) in [6.07, 6.45) is 32.6. The van der Waals surface area contributed by atoms with Gasteiger partial charge in [-0.1, -0.05) is 161 Å². The fraction of sp³-hybridized carbons (Fsp3) is 0.917. The van der Waals surface area contributed by atoms with Crippen LogP contribution in [-0.2, 0) is 9.59 Å². The lowest BCUT2D eigenvalue weighted by Gasteiger charge is -2.16. The van der Waals surface area contributed by atoms with Crippen molar-refractivity contribution in [3.8, 4) is 0 Å². The minimum atomic E-state index is -0.755. The third-order valence-corrected chi connectivity index (χ3v) is 8.68. The van der Waals surface area contributed by atoms with Crippen molar-refractivity contribution in [3.05, 3.63) is 10.1 Å². The summed E-state index contributed by atoms with van der Waals surface area (Å²) < 4.78 is 0. The average molecular weight is 638 g/mol. The Labute approximate surface area is 276 Å². The van der Waals surface area contributed by atoms with Gasteiger partial charge in [0.15, 0.2) is 5.03 Å². The second-order valence-electron chi connectivity index (χ2n) is 13.0. The molecule has 0 aromatic rings. The summed E-state index contributed by atoms with van der Waals surface area (Å²) in [4.78, 5) is 40.0. The number of unbranched alkanes of at least 4 members (excludes halogenated alkanes) is 22. The predicted octanol–water partition coefficient (Wildman–Crippen LogP) is 9.35. The number of carbonyl (C=O) groups is 2. The van der Waals surface area contributed by atoms with Gasteiger partial charge in [-0.2, -0.15) is 0 Å². The van der Waals surface area contributed by atoms with Crippen LogP contribution >= 0.6 is 0 Å². The molecule has 0 aliphatic carbocycles. The van der Waals surface area contributed by atoms with Gasteiger partial charge in [-0.3, -0.25) is 9.59 Å². The first kappa shape index (κ1) is 42.8. The van der Waals surface area contributed by atoms with Crippen LogP contribution in [0.15, 0.2) is 4.99 Å². The fourth-order valence-electron chi connectivity index (χ4n) is 5.85. The Hall–Kier alpha value is -2.19. The van der Waals surface area contributed by atoms with Crippen LogP contribution in [0.2, 0.25) is 0 Å². The summed E-state index contributed by atoms with van der Waals surface area (Å²) in [5.41, 5.74) is 7.29. The maximum Gasteiger partial charge on any atom is 0.251 e. The number of nitrogens with zero attached hydrogens (tertiary/aromatic N) is 2. The Kier molecular flexibility index (Phi) is 31.6. The molecule has 0 rings (SSSR count). The van der Waals surface area contributed by atoms with E-state index in [2.05, 4.69) is 24.2 Å². The smallest absolute Gasteiger partial charge is 0.251 e. The molecule has 9 nitrogen and oxygen atoms in total. The minimum Gasteiger partial charge on any atom is -0.365 e. The third kappa shape index (κ3) is 31.6. The quantitative estimate of drug-likeness (QED) is 0.0211. The van der Waals surface area contributed by atoms with Gasteiger partial charge in [0.1, 0.15) is 5.78 Å². The highest BCUT2D eigenvalue weighted by molar-refractivity contribution is 5.86. The summed E-state index contributed by atoms with van der Waals surface area (Å²) in [6.45, 7) is 5.35. The fourth-order valence-corrected chi connectivity index (χ4v) is 5.85. The number of aliphatic imine (C=N–C) groups is 1. The van der Waals surface area contributed by atoms with E-state index in [-0.39, 0.29) is 30.6 Å². The van der Waals surface area contributed by atoms with Crippen LogP contribution in [-0.4, -0.2) is 35.8 Å². The molecule has 0 aliphatic rings. The number of guanidine groups is 1. The van der Waals surface area contributed by atoms with Crippen molar-refractivity contribution in [2.45, 2.75) is 194 Å². The molecule has 1 atom stereocenters. The third-order valence-electron chi connectivity index (χ3n) is 8.68. The van der Waals surface area contributed by atoms with Gasteiger partial charge in [0.05, 0.1) is 0 Å². The largest absolute Gasteiger partial charge is 0.365 e.